The number of piperidine rings is 1. The van der Waals surface area contributed by atoms with Crippen LogP contribution < -0.4 is 5.73 Å². The van der Waals surface area contributed by atoms with Crippen LogP contribution in [0.5, 0.6) is 0 Å². The van der Waals surface area contributed by atoms with Crippen molar-refractivity contribution in [3.63, 3.8) is 0 Å². The molecule has 0 spiro atoms. The lowest BCUT2D eigenvalue weighted by molar-refractivity contribution is -0.132. The highest BCUT2D eigenvalue weighted by Gasteiger charge is 2.26. The first-order valence-corrected chi connectivity index (χ1v) is 8.57. The number of nitrogens with zero attached hydrogens (tertiary/aromatic N) is 3. The zero-order valence-electron chi connectivity index (χ0n) is 12.7. The van der Waals surface area contributed by atoms with Crippen molar-refractivity contribution in [2.45, 2.75) is 31.6 Å². The Labute approximate surface area is 137 Å². The van der Waals surface area contributed by atoms with Gasteiger partial charge in [-0.15, -0.1) is 11.3 Å². The van der Waals surface area contributed by atoms with Crippen LogP contribution in [0.4, 0.5) is 0 Å². The van der Waals surface area contributed by atoms with E-state index in [9.17, 15) is 9.59 Å². The van der Waals surface area contributed by atoms with Crippen LogP contribution in [0.25, 0.3) is 0 Å². The van der Waals surface area contributed by atoms with Gasteiger partial charge >= 0.3 is 0 Å². The van der Waals surface area contributed by atoms with Crippen LogP contribution in [-0.4, -0.2) is 45.0 Å². The van der Waals surface area contributed by atoms with Gasteiger partial charge in [0.05, 0.1) is 11.2 Å². The van der Waals surface area contributed by atoms with Crippen molar-refractivity contribution in [3.8, 4) is 0 Å². The van der Waals surface area contributed by atoms with Crippen LogP contribution in [-0.2, 0) is 11.2 Å². The summed E-state index contributed by atoms with van der Waals surface area (Å²) in [6.45, 7) is 1.43. The summed E-state index contributed by atoms with van der Waals surface area (Å²) in [6.07, 6.45) is 3.07. The van der Waals surface area contributed by atoms with Gasteiger partial charge in [0.2, 0.25) is 5.91 Å². The zero-order chi connectivity index (χ0) is 16.2. The average molecular weight is 333 g/mol. The van der Waals surface area contributed by atoms with E-state index in [0.717, 1.165) is 30.8 Å². The molecule has 2 aromatic heterocycles. The third-order valence-corrected chi connectivity index (χ3v) is 4.78. The summed E-state index contributed by atoms with van der Waals surface area (Å²) in [5, 5.41) is 8.77. The summed E-state index contributed by atoms with van der Waals surface area (Å²) >= 11 is 1.54. The summed E-state index contributed by atoms with van der Waals surface area (Å²) in [7, 11) is 0. The molecule has 3 heterocycles. The Bertz CT molecular complexity index is 682. The van der Waals surface area contributed by atoms with Crippen molar-refractivity contribution in [1.29, 1.82) is 0 Å². The highest BCUT2D eigenvalue weighted by molar-refractivity contribution is 7.07. The number of rotatable bonds is 5. The lowest BCUT2D eigenvalue weighted by Crippen LogP contribution is -2.39. The quantitative estimate of drug-likeness (QED) is 0.860. The molecule has 1 aliphatic rings. The van der Waals surface area contributed by atoms with Gasteiger partial charge in [-0.2, -0.15) is 5.10 Å². The predicted molar refractivity (Wildman–Crippen MR) is 86.1 cm³/mol. The summed E-state index contributed by atoms with van der Waals surface area (Å²) in [4.78, 5) is 29.6. The molecule has 2 aromatic rings. The van der Waals surface area contributed by atoms with Crippen LogP contribution in [0, 0.1) is 0 Å². The van der Waals surface area contributed by atoms with Gasteiger partial charge in [0.15, 0.2) is 0 Å². The minimum absolute atomic E-state index is 0.150. The number of carbonyl (C=O) groups is 2. The fourth-order valence-electron chi connectivity index (χ4n) is 2.88. The van der Waals surface area contributed by atoms with Crippen molar-refractivity contribution < 1.29 is 9.59 Å². The maximum Gasteiger partial charge on any atom is 0.269 e. The maximum absolute atomic E-state index is 12.4. The van der Waals surface area contributed by atoms with Crippen LogP contribution in [0.3, 0.4) is 0 Å². The van der Waals surface area contributed by atoms with Crippen LogP contribution in [0.2, 0.25) is 0 Å². The minimum atomic E-state index is -0.542. The molecule has 3 N–H and O–H groups in total. The summed E-state index contributed by atoms with van der Waals surface area (Å²) in [5.41, 5.74) is 9.09. The van der Waals surface area contributed by atoms with E-state index in [0.29, 0.717) is 19.4 Å². The summed E-state index contributed by atoms with van der Waals surface area (Å²) < 4.78 is 0. The molecule has 0 bridgehead atoms. The Balaban J connectivity index is 1.58. The number of H-pyrrole nitrogens is 1. The number of hydrogen-bond acceptors (Lipinski definition) is 5. The number of nitrogens with one attached hydrogen (secondary N) is 1. The van der Waals surface area contributed by atoms with Crippen molar-refractivity contribution in [3.05, 3.63) is 34.0 Å². The van der Waals surface area contributed by atoms with E-state index in [4.69, 9.17) is 5.73 Å². The lowest BCUT2D eigenvalue weighted by Gasteiger charge is -2.32. The number of carbonyl (C=O) groups excluding carboxylic acids is 2. The molecule has 122 valence electrons. The van der Waals surface area contributed by atoms with Gasteiger partial charge in [0.1, 0.15) is 5.69 Å². The zero-order valence-corrected chi connectivity index (χ0v) is 13.5. The second-order valence-corrected chi connectivity index (χ2v) is 6.45. The second kappa shape index (κ2) is 6.91. The van der Waals surface area contributed by atoms with Gasteiger partial charge in [-0.25, -0.2) is 4.98 Å². The first kappa shape index (κ1) is 15.7. The van der Waals surface area contributed by atoms with Gasteiger partial charge in [0, 0.05) is 36.5 Å². The molecule has 0 radical (unpaired) electrons. The molecule has 0 aliphatic carbocycles. The number of thiazole rings is 1. The minimum Gasteiger partial charge on any atom is -0.364 e. The van der Waals surface area contributed by atoms with E-state index in [1.54, 1.807) is 22.9 Å². The van der Waals surface area contributed by atoms with Crippen LogP contribution in [0.1, 0.15) is 47.1 Å². The van der Waals surface area contributed by atoms with Gasteiger partial charge in [-0.1, -0.05) is 0 Å². The summed E-state index contributed by atoms with van der Waals surface area (Å²) in [6, 6.07) is 1.69. The number of likely N-dealkylation sites (tertiary alicyclic amines) is 1. The Morgan fingerprint density at radius 1 is 1.48 bits per heavy atom. The molecule has 0 aromatic carbocycles. The molecule has 1 atom stereocenters. The third-order valence-electron chi connectivity index (χ3n) is 4.14. The first-order valence-electron chi connectivity index (χ1n) is 7.63. The Morgan fingerprint density at radius 3 is 3.04 bits per heavy atom. The molecule has 1 fully saturated rings. The Hall–Kier alpha value is -2.22. The predicted octanol–water partition coefficient (Wildman–Crippen LogP) is 1.30. The van der Waals surface area contributed by atoms with E-state index >= 15 is 0 Å². The van der Waals surface area contributed by atoms with Gasteiger partial charge < -0.3 is 10.6 Å². The number of aryl methyl sites for hydroxylation is 1. The van der Waals surface area contributed by atoms with E-state index in [-0.39, 0.29) is 17.5 Å². The molecule has 2 amide bonds. The second-order valence-electron chi connectivity index (χ2n) is 5.73. The molecule has 23 heavy (non-hydrogen) atoms. The third kappa shape index (κ3) is 3.76. The SMILES string of the molecule is NC(=O)c1cc([C@H]2CCCN(C(=O)CCc3cscn3)C2)[nH]n1. The number of aromatic amines is 1. The smallest absolute Gasteiger partial charge is 0.269 e. The van der Waals surface area contributed by atoms with Crippen molar-refractivity contribution in [2.75, 3.05) is 13.1 Å². The molecule has 7 nitrogen and oxygen atoms in total. The van der Waals surface area contributed by atoms with E-state index in [1.807, 2.05) is 10.3 Å². The number of aromatic nitrogens is 3. The molecule has 1 aliphatic heterocycles. The van der Waals surface area contributed by atoms with Crippen LogP contribution >= 0.6 is 11.3 Å². The summed E-state index contributed by atoms with van der Waals surface area (Å²) in [5.74, 6) is -0.218. The van der Waals surface area contributed by atoms with E-state index in [2.05, 4.69) is 15.2 Å². The average Bonchev–Trinajstić information content (AvgIpc) is 3.24. The molecular formula is C15H19N5O2S. The normalized spacial score (nSPS) is 18.1. The fraction of sp³-hybridized carbons (Fsp3) is 0.467. The highest BCUT2D eigenvalue weighted by atomic mass is 32.1. The van der Waals surface area contributed by atoms with E-state index in [1.165, 1.54) is 0 Å². The molecule has 0 unspecified atom stereocenters. The first-order chi connectivity index (χ1) is 11.1. The molecule has 8 heteroatoms. The molecular weight excluding hydrogens is 314 g/mol. The number of amides is 2. The Morgan fingerprint density at radius 2 is 2.35 bits per heavy atom. The van der Waals surface area contributed by atoms with Crippen molar-refractivity contribution in [2.24, 2.45) is 5.73 Å². The topological polar surface area (TPSA) is 105 Å². The fourth-order valence-corrected chi connectivity index (χ4v) is 3.48. The maximum atomic E-state index is 12.4. The van der Waals surface area contributed by atoms with Crippen molar-refractivity contribution >= 4 is 23.2 Å². The van der Waals surface area contributed by atoms with Gasteiger partial charge in [-0.3, -0.25) is 14.7 Å². The van der Waals surface area contributed by atoms with Gasteiger partial charge in [-0.05, 0) is 25.3 Å². The monoisotopic (exact) mass is 333 g/mol. The molecule has 3 rings (SSSR count). The molecule has 0 saturated carbocycles. The lowest BCUT2D eigenvalue weighted by atomic mass is 9.94. The van der Waals surface area contributed by atoms with Crippen molar-refractivity contribution in [1.82, 2.24) is 20.1 Å². The molecule has 1 saturated heterocycles. The number of primary amides is 1. The number of nitrogens with two attached hydrogens (primary N) is 1. The highest BCUT2D eigenvalue weighted by Crippen LogP contribution is 2.26. The van der Waals surface area contributed by atoms with Crippen LogP contribution in [0.15, 0.2) is 17.0 Å². The Kier molecular flexibility index (Phi) is 4.71. The largest absolute Gasteiger partial charge is 0.364 e. The number of hydrogen-bond donors (Lipinski definition) is 2. The van der Waals surface area contributed by atoms with E-state index < -0.39 is 5.91 Å². The standard InChI is InChI=1S/C15H19N5O2S/c16-15(22)13-6-12(18-19-13)10-2-1-5-20(7-10)14(21)4-3-11-8-23-9-17-11/h6,8-10H,1-5,7H2,(H2,16,22)(H,18,19)/t10-/m0/s1. The van der Waals surface area contributed by atoms with Gasteiger partial charge in [0.25, 0.3) is 5.91 Å².